The summed E-state index contributed by atoms with van der Waals surface area (Å²) in [6.07, 6.45) is 7.81. The molecule has 1 aliphatic heterocycles. The van der Waals surface area contributed by atoms with Crippen molar-refractivity contribution >= 4 is 5.96 Å². The molecule has 4 heteroatoms. The number of hydrogen-bond acceptors (Lipinski definition) is 2. The Morgan fingerprint density at radius 3 is 2.74 bits per heavy atom. The Labute approximate surface area is 119 Å². The minimum absolute atomic E-state index is 0.674. The third-order valence-electron chi connectivity index (χ3n) is 3.96. The Kier molecular flexibility index (Phi) is 8.63. The zero-order valence-corrected chi connectivity index (χ0v) is 13.0. The molecule has 1 atom stereocenters. The van der Waals surface area contributed by atoms with Crippen LogP contribution in [0.2, 0.25) is 0 Å². The third-order valence-corrected chi connectivity index (χ3v) is 3.96. The van der Waals surface area contributed by atoms with E-state index in [9.17, 15) is 0 Å². The Morgan fingerprint density at radius 2 is 2.05 bits per heavy atom. The van der Waals surface area contributed by atoms with Crippen molar-refractivity contribution in [2.75, 3.05) is 33.2 Å². The SMILES string of the molecule is CCCCCNC(=NC)NCC1CCCCN1CC. The maximum Gasteiger partial charge on any atom is 0.191 e. The van der Waals surface area contributed by atoms with Crippen molar-refractivity contribution in [2.45, 2.75) is 58.4 Å². The second-order valence-corrected chi connectivity index (χ2v) is 5.37. The molecule has 0 radical (unpaired) electrons. The van der Waals surface area contributed by atoms with Gasteiger partial charge in [0, 0.05) is 26.2 Å². The maximum atomic E-state index is 4.30. The Morgan fingerprint density at radius 1 is 1.21 bits per heavy atom. The van der Waals surface area contributed by atoms with E-state index in [0.717, 1.165) is 25.6 Å². The monoisotopic (exact) mass is 268 g/mol. The fourth-order valence-electron chi connectivity index (χ4n) is 2.72. The highest BCUT2D eigenvalue weighted by atomic mass is 15.2. The molecule has 1 fully saturated rings. The van der Waals surface area contributed by atoms with Gasteiger partial charge in [-0.1, -0.05) is 33.1 Å². The average molecular weight is 268 g/mol. The highest BCUT2D eigenvalue weighted by molar-refractivity contribution is 5.79. The van der Waals surface area contributed by atoms with Crippen LogP contribution in [0.5, 0.6) is 0 Å². The molecule has 2 N–H and O–H groups in total. The van der Waals surface area contributed by atoms with Crippen molar-refractivity contribution in [1.29, 1.82) is 0 Å². The summed E-state index contributed by atoms with van der Waals surface area (Å²) in [5.74, 6) is 0.956. The van der Waals surface area contributed by atoms with Crippen LogP contribution in [0.1, 0.15) is 52.4 Å². The number of hydrogen-bond donors (Lipinski definition) is 2. The second kappa shape index (κ2) is 10.1. The molecule has 0 aliphatic carbocycles. The Hall–Kier alpha value is -0.770. The van der Waals surface area contributed by atoms with Gasteiger partial charge in [0.25, 0.3) is 0 Å². The zero-order chi connectivity index (χ0) is 13.9. The van der Waals surface area contributed by atoms with Crippen molar-refractivity contribution in [3.8, 4) is 0 Å². The van der Waals surface area contributed by atoms with Gasteiger partial charge in [-0.3, -0.25) is 9.89 Å². The number of rotatable bonds is 7. The van der Waals surface area contributed by atoms with Crippen LogP contribution in [0, 0.1) is 0 Å². The summed E-state index contributed by atoms with van der Waals surface area (Å²) in [4.78, 5) is 6.88. The second-order valence-electron chi connectivity index (χ2n) is 5.37. The highest BCUT2D eigenvalue weighted by Gasteiger charge is 2.20. The lowest BCUT2D eigenvalue weighted by Gasteiger charge is -2.35. The van der Waals surface area contributed by atoms with Gasteiger partial charge >= 0.3 is 0 Å². The van der Waals surface area contributed by atoms with E-state index in [2.05, 4.69) is 34.4 Å². The molecule has 1 rings (SSSR count). The molecule has 0 aromatic carbocycles. The van der Waals surface area contributed by atoms with E-state index in [1.807, 2.05) is 7.05 Å². The first kappa shape index (κ1) is 16.3. The molecule has 0 aromatic rings. The molecule has 0 aromatic heterocycles. The summed E-state index contributed by atoms with van der Waals surface area (Å²) in [5.41, 5.74) is 0. The Balaban J connectivity index is 2.24. The van der Waals surface area contributed by atoms with E-state index in [-0.39, 0.29) is 0 Å². The van der Waals surface area contributed by atoms with Crippen molar-refractivity contribution in [3.63, 3.8) is 0 Å². The number of nitrogens with zero attached hydrogens (tertiary/aromatic N) is 2. The van der Waals surface area contributed by atoms with E-state index in [4.69, 9.17) is 0 Å². The molecule has 112 valence electrons. The van der Waals surface area contributed by atoms with Crippen molar-refractivity contribution < 1.29 is 0 Å². The molecule has 1 unspecified atom stereocenters. The van der Waals surface area contributed by atoms with Crippen molar-refractivity contribution in [2.24, 2.45) is 4.99 Å². The van der Waals surface area contributed by atoms with Crippen LogP contribution >= 0.6 is 0 Å². The first-order chi connectivity index (χ1) is 9.31. The van der Waals surface area contributed by atoms with Gasteiger partial charge in [-0.2, -0.15) is 0 Å². The molecule has 0 bridgehead atoms. The van der Waals surface area contributed by atoms with Gasteiger partial charge in [0.2, 0.25) is 0 Å². The molecule has 19 heavy (non-hydrogen) atoms. The lowest BCUT2D eigenvalue weighted by molar-refractivity contribution is 0.157. The molecular weight excluding hydrogens is 236 g/mol. The number of piperidine rings is 1. The smallest absolute Gasteiger partial charge is 0.191 e. The lowest BCUT2D eigenvalue weighted by atomic mass is 10.0. The molecule has 1 heterocycles. The topological polar surface area (TPSA) is 39.7 Å². The van der Waals surface area contributed by atoms with Gasteiger partial charge in [0.05, 0.1) is 0 Å². The van der Waals surface area contributed by atoms with Gasteiger partial charge in [0.1, 0.15) is 0 Å². The van der Waals surface area contributed by atoms with Gasteiger partial charge in [-0.05, 0) is 32.4 Å². The summed E-state index contributed by atoms with van der Waals surface area (Å²) in [6, 6.07) is 0.674. The van der Waals surface area contributed by atoms with Gasteiger partial charge in [-0.25, -0.2) is 0 Å². The van der Waals surface area contributed by atoms with Gasteiger partial charge in [-0.15, -0.1) is 0 Å². The van der Waals surface area contributed by atoms with E-state index in [1.165, 1.54) is 45.1 Å². The van der Waals surface area contributed by atoms with Crippen LogP contribution in [0.3, 0.4) is 0 Å². The van der Waals surface area contributed by atoms with E-state index >= 15 is 0 Å². The summed E-state index contributed by atoms with van der Waals surface area (Å²) in [5, 5.41) is 6.87. The van der Waals surface area contributed by atoms with Crippen LogP contribution in [-0.4, -0.2) is 50.1 Å². The molecule has 1 aliphatic rings. The molecule has 0 spiro atoms. The summed E-state index contributed by atoms with van der Waals surface area (Å²) < 4.78 is 0. The number of likely N-dealkylation sites (N-methyl/N-ethyl adjacent to an activating group) is 1. The fraction of sp³-hybridized carbons (Fsp3) is 0.933. The first-order valence-corrected chi connectivity index (χ1v) is 8.00. The Bertz CT molecular complexity index is 253. The minimum atomic E-state index is 0.674. The standard InChI is InChI=1S/C15H32N4/c1-4-6-8-11-17-15(16-3)18-13-14-10-7-9-12-19(14)5-2/h14H,4-13H2,1-3H3,(H2,16,17,18). The minimum Gasteiger partial charge on any atom is -0.356 e. The number of nitrogens with one attached hydrogen (secondary N) is 2. The number of likely N-dealkylation sites (tertiary alicyclic amines) is 1. The number of aliphatic imine (C=N–C) groups is 1. The summed E-state index contributed by atoms with van der Waals surface area (Å²) in [6.45, 7) is 8.95. The van der Waals surface area contributed by atoms with Crippen LogP contribution in [-0.2, 0) is 0 Å². The zero-order valence-electron chi connectivity index (χ0n) is 13.0. The fourth-order valence-corrected chi connectivity index (χ4v) is 2.72. The average Bonchev–Trinajstić information content (AvgIpc) is 2.47. The van der Waals surface area contributed by atoms with Crippen LogP contribution < -0.4 is 10.6 Å². The largest absolute Gasteiger partial charge is 0.356 e. The third kappa shape index (κ3) is 6.28. The predicted octanol–water partition coefficient (Wildman–Crippen LogP) is 2.22. The lowest BCUT2D eigenvalue weighted by Crippen LogP contribution is -2.49. The van der Waals surface area contributed by atoms with Crippen LogP contribution in [0.4, 0.5) is 0 Å². The van der Waals surface area contributed by atoms with Gasteiger partial charge in [0.15, 0.2) is 5.96 Å². The summed E-state index contributed by atoms with van der Waals surface area (Å²) >= 11 is 0. The quantitative estimate of drug-likeness (QED) is 0.422. The van der Waals surface area contributed by atoms with E-state index in [1.54, 1.807) is 0 Å². The summed E-state index contributed by atoms with van der Waals surface area (Å²) in [7, 11) is 1.85. The first-order valence-electron chi connectivity index (χ1n) is 8.00. The molecule has 0 saturated carbocycles. The normalized spacial score (nSPS) is 21.4. The van der Waals surface area contributed by atoms with E-state index < -0.39 is 0 Å². The predicted molar refractivity (Wildman–Crippen MR) is 83.8 cm³/mol. The highest BCUT2D eigenvalue weighted by Crippen LogP contribution is 2.15. The molecule has 0 amide bonds. The van der Waals surface area contributed by atoms with Crippen LogP contribution in [0.15, 0.2) is 4.99 Å². The van der Waals surface area contributed by atoms with Crippen molar-refractivity contribution in [3.05, 3.63) is 0 Å². The number of guanidine groups is 1. The van der Waals surface area contributed by atoms with Gasteiger partial charge < -0.3 is 10.6 Å². The maximum absolute atomic E-state index is 4.30. The van der Waals surface area contributed by atoms with E-state index in [0.29, 0.717) is 6.04 Å². The molecule has 4 nitrogen and oxygen atoms in total. The molecule has 1 saturated heterocycles. The number of unbranched alkanes of at least 4 members (excludes halogenated alkanes) is 2. The van der Waals surface area contributed by atoms with Crippen molar-refractivity contribution in [1.82, 2.24) is 15.5 Å². The van der Waals surface area contributed by atoms with Crippen LogP contribution in [0.25, 0.3) is 0 Å². The molecular formula is C15H32N4.